The van der Waals surface area contributed by atoms with E-state index in [2.05, 4.69) is 55.2 Å². The number of aromatic amines is 1. The number of hydrogen-bond acceptors (Lipinski definition) is 2. The molecule has 4 nitrogen and oxygen atoms in total. The standard InChI is InChI=1S/C22H16F2I2N2O2/c1-3-9-5-13(23)11(7-15(9)25)19-17-18(22(30)27-19)20(28-21(17)29)12-8-16(26)10(4-2)6-14(12)24/h5-8,27,30H,3-4H2,1-2H3. The number of aromatic nitrogens is 1. The summed E-state index contributed by atoms with van der Waals surface area (Å²) >= 11 is 4.21. The van der Waals surface area contributed by atoms with Gasteiger partial charge in [-0.3, -0.25) is 4.79 Å². The molecule has 0 saturated heterocycles. The molecule has 1 amide bonds. The van der Waals surface area contributed by atoms with Gasteiger partial charge in [0.2, 0.25) is 0 Å². The first-order chi connectivity index (χ1) is 14.3. The van der Waals surface area contributed by atoms with E-state index >= 15 is 0 Å². The number of aryl methyl sites for hydroxylation is 2. The third-order valence-electron chi connectivity index (χ3n) is 5.20. The molecule has 8 heteroatoms. The van der Waals surface area contributed by atoms with Crippen LogP contribution in [0.5, 0.6) is 5.88 Å². The van der Waals surface area contributed by atoms with Crippen LogP contribution in [-0.2, 0) is 12.8 Å². The average Bonchev–Trinajstić information content (AvgIpc) is 3.23. The minimum Gasteiger partial charge on any atom is -0.494 e. The molecule has 0 bridgehead atoms. The average molecular weight is 632 g/mol. The van der Waals surface area contributed by atoms with Crippen molar-refractivity contribution in [2.75, 3.05) is 0 Å². The molecule has 2 heterocycles. The summed E-state index contributed by atoms with van der Waals surface area (Å²) in [6, 6.07) is 6.08. The van der Waals surface area contributed by atoms with Crippen LogP contribution < -0.4 is 0 Å². The van der Waals surface area contributed by atoms with Crippen LogP contribution in [0.1, 0.15) is 46.5 Å². The Morgan fingerprint density at radius 3 is 2.03 bits per heavy atom. The fourth-order valence-corrected chi connectivity index (χ4v) is 5.33. The lowest BCUT2D eigenvalue weighted by Crippen LogP contribution is -2.05. The topological polar surface area (TPSA) is 65.5 Å². The Kier molecular flexibility index (Phi) is 5.73. The molecule has 1 aliphatic rings. The third kappa shape index (κ3) is 3.37. The Labute approximate surface area is 199 Å². The first kappa shape index (κ1) is 21.4. The molecule has 0 unspecified atom stereocenters. The van der Waals surface area contributed by atoms with Crippen LogP contribution in [0.15, 0.2) is 29.3 Å². The second kappa shape index (κ2) is 8.03. The number of fused-ring (bicyclic) bond motifs is 1. The number of carbonyl (C=O) groups excluding carboxylic acids is 1. The maximum atomic E-state index is 14.8. The molecule has 2 N–H and O–H groups in total. The van der Waals surface area contributed by atoms with Crippen LogP contribution in [-0.4, -0.2) is 21.7 Å². The van der Waals surface area contributed by atoms with Crippen molar-refractivity contribution >= 4 is 56.8 Å². The monoisotopic (exact) mass is 632 g/mol. The summed E-state index contributed by atoms with van der Waals surface area (Å²) in [5, 5.41) is 10.5. The maximum Gasteiger partial charge on any atom is 0.280 e. The fraction of sp³-hybridized carbons (Fsp3) is 0.182. The summed E-state index contributed by atoms with van der Waals surface area (Å²) in [6.45, 7) is 3.85. The van der Waals surface area contributed by atoms with Gasteiger partial charge in [0.15, 0.2) is 5.88 Å². The highest BCUT2D eigenvalue weighted by molar-refractivity contribution is 14.1. The zero-order chi connectivity index (χ0) is 21.7. The number of aliphatic imine (C=N–C) groups is 1. The molecule has 0 atom stereocenters. The number of amides is 1. The van der Waals surface area contributed by atoms with Gasteiger partial charge in [0.1, 0.15) is 11.6 Å². The minimum absolute atomic E-state index is 0.0494. The number of hydrogen-bond donors (Lipinski definition) is 2. The van der Waals surface area contributed by atoms with Crippen molar-refractivity contribution in [2.24, 2.45) is 4.99 Å². The number of carbonyl (C=O) groups is 1. The summed E-state index contributed by atoms with van der Waals surface area (Å²) in [4.78, 5) is 19.4. The van der Waals surface area contributed by atoms with Crippen molar-refractivity contribution in [3.05, 3.63) is 70.9 Å². The molecular weight excluding hydrogens is 616 g/mol. The van der Waals surface area contributed by atoms with Gasteiger partial charge in [-0.1, -0.05) is 13.8 Å². The van der Waals surface area contributed by atoms with Crippen molar-refractivity contribution in [1.29, 1.82) is 0 Å². The Balaban J connectivity index is 1.90. The van der Waals surface area contributed by atoms with Crippen molar-refractivity contribution in [1.82, 2.24) is 4.98 Å². The van der Waals surface area contributed by atoms with Gasteiger partial charge >= 0.3 is 0 Å². The van der Waals surface area contributed by atoms with E-state index in [0.29, 0.717) is 12.8 Å². The van der Waals surface area contributed by atoms with Gasteiger partial charge < -0.3 is 10.1 Å². The van der Waals surface area contributed by atoms with E-state index in [1.165, 1.54) is 12.1 Å². The Hall–Kier alpha value is -1.82. The Morgan fingerprint density at radius 1 is 0.933 bits per heavy atom. The molecule has 0 saturated carbocycles. The maximum absolute atomic E-state index is 14.8. The van der Waals surface area contributed by atoms with Gasteiger partial charge in [-0.15, -0.1) is 0 Å². The molecule has 1 aromatic heterocycles. The van der Waals surface area contributed by atoms with E-state index in [9.17, 15) is 18.7 Å². The van der Waals surface area contributed by atoms with Crippen molar-refractivity contribution in [3.63, 3.8) is 0 Å². The lowest BCUT2D eigenvalue weighted by atomic mass is 9.98. The highest BCUT2D eigenvalue weighted by Crippen LogP contribution is 2.40. The summed E-state index contributed by atoms with van der Waals surface area (Å²) < 4.78 is 31.3. The molecule has 4 rings (SSSR count). The van der Waals surface area contributed by atoms with E-state index in [0.717, 1.165) is 18.3 Å². The number of nitrogens with zero attached hydrogens (tertiary/aromatic N) is 1. The number of H-pyrrole nitrogens is 1. The van der Waals surface area contributed by atoms with Crippen LogP contribution in [0.3, 0.4) is 0 Å². The van der Waals surface area contributed by atoms with Crippen LogP contribution in [0.25, 0.3) is 11.3 Å². The predicted octanol–water partition coefficient (Wildman–Crippen LogP) is 5.99. The highest BCUT2D eigenvalue weighted by Gasteiger charge is 2.35. The minimum atomic E-state index is -0.644. The molecule has 0 spiro atoms. The number of benzene rings is 2. The zero-order valence-electron chi connectivity index (χ0n) is 16.0. The number of rotatable bonds is 4. The first-order valence-electron chi connectivity index (χ1n) is 9.31. The number of aromatic hydroxyl groups is 1. The molecule has 1 aliphatic heterocycles. The van der Waals surface area contributed by atoms with E-state index < -0.39 is 17.5 Å². The molecule has 154 valence electrons. The molecule has 3 aromatic rings. The van der Waals surface area contributed by atoms with Crippen LogP contribution in [0.4, 0.5) is 8.78 Å². The predicted molar refractivity (Wildman–Crippen MR) is 128 cm³/mol. The second-order valence-electron chi connectivity index (χ2n) is 6.92. The van der Waals surface area contributed by atoms with E-state index in [-0.39, 0.29) is 39.5 Å². The van der Waals surface area contributed by atoms with Gasteiger partial charge in [0.05, 0.1) is 22.5 Å². The summed E-state index contributed by atoms with van der Waals surface area (Å²) in [5.74, 6) is -2.02. The molecule has 0 fully saturated rings. The molecule has 0 radical (unpaired) electrons. The Morgan fingerprint density at radius 2 is 1.47 bits per heavy atom. The summed E-state index contributed by atoms with van der Waals surface area (Å²) in [5.41, 5.74) is 2.32. The summed E-state index contributed by atoms with van der Waals surface area (Å²) in [6.07, 6.45) is 1.33. The second-order valence-corrected chi connectivity index (χ2v) is 9.24. The van der Waals surface area contributed by atoms with Crippen molar-refractivity contribution in [2.45, 2.75) is 26.7 Å². The van der Waals surface area contributed by atoms with E-state index in [4.69, 9.17) is 0 Å². The Bertz CT molecular complexity index is 1250. The van der Waals surface area contributed by atoms with Gasteiger partial charge in [-0.2, -0.15) is 0 Å². The summed E-state index contributed by atoms with van der Waals surface area (Å²) in [7, 11) is 0. The van der Waals surface area contributed by atoms with Gasteiger partial charge in [-0.25, -0.2) is 13.8 Å². The zero-order valence-corrected chi connectivity index (χ0v) is 20.4. The third-order valence-corrected chi connectivity index (χ3v) is 7.21. The van der Waals surface area contributed by atoms with E-state index in [1.54, 1.807) is 12.1 Å². The first-order valence-corrected chi connectivity index (χ1v) is 11.5. The highest BCUT2D eigenvalue weighted by atomic mass is 127. The van der Waals surface area contributed by atoms with Gasteiger partial charge in [0, 0.05) is 18.3 Å². The van der Waals surface area contributed by atoms with Crippen molar-refractivity contribution in [3.8, 4) is 17.1 Å². The van der Waals surface area contributed by atoms with E-state index in [1.807, 2.05) is 13.8 Å². The van der Waals surface area contributed by atoms with Crippen molar-refractivity contribution < 1.29 is 18.7 Å². The normalized spacial score (nSPS) is 13.0. The van der Waals surface area contributed by atoms with Crippen LogP contribution in [0, 0.1) is 18.8 Å². The van der Waals surface area contributed by atoms with Gasteiger partial charge in [-0.05, 0) is 93.4 Å². The largest absolute Gasteiger partial charge is 0.494 e. The van der Waals surface area contributed by atoms with Gasteiger partial charge in [0.25, 0.3) is 5.91 Å². The van der Waals surface area contributed by atoms with Crippen LogP contribution in [0.2, 0.25) is 0 Å². The number of nitrogens with one attached hydrogen (secondary N) is 1. The molecule has 30 heavy (non-hydrogen) atoms. The lowest BCUT2D eigenvalue weighted by Gasteiger charge is -2.08. The molecule has 0 aliphatic carbocycles. The number of halogens is 4. The molecular formula is C22H16F2I2N2O2. The quantitative estimate of drug-likeness (QED) is 0.348. The fourth-order valence-electron chi connectivity index (χ4n) is 3.63. The molecule has 2 aromatic carbocycles. The lowest BCUT2D eigenvalue weighted by molar-refractivity contribution is 0.101. The SMILES string of the molecule is CCc1cc(F)c(C2=NC(=O)c3c(-c4cc(I)c(CC)cc4F)[nH]c(O)c32)cc1I. The smallest absolute Gasteiger partial charge is 0.280 e. The van der Waals surface area contributed by atoms with Crippen LogP contribution >= 0.6 is 45.2 Å².